The highest BCUT2D eigenvalue weighted by Gasteiger charge is 2.28. The van der Waals surface area contributed by atoms with Crippen molar-refractivity contribution in [2.45, 2.75) is 58.9 Å². The summed E-state index contributed by atoms with van der Waals surface area (Å²) in [6.45, 7) is 10.1. The number of carbonyl (C=O) groups is 1. The summed E-state index contributed by atoms with van der Waals surface area (Å²) >= 11 is 0. The third-order valence-corrected chi connectivity index (χ3v) is 4.15. The molecule has 1 fully saturated rings. The van der Waals surface area contributed by atoms with Crippen LogP contribution < -0.4 is 5.32 Å². The third kappa shape index (κ3) is 3.55. The van der Waals surface area contributed by atoms with Crippen molar-refractivity contribution in [2.24, 2.45) is 0 Å². The minimum Gasteiger partial charge on any atom is -0.370 e. The molecule has 1 aromatic rings. The minimum atomic E-state index is 0.155. The molecular weight excluding hydrogens is 262 g/mol. The number of aromatic nitrogens is 1. The van der Waals surface area contributed by atoms with Gasteiger partial charge in [-0.25, -0.2) is 4.98 Å². The zero-order chi connectivity index (χ0) is 15.4. The fourth-order valence-corrected chi connectivity index (χ4v) is 2.94. The van der Waals surface area contributed by atoms with E-state index < -0.39 is 0 Å². The Morgan fingerprint density at radius 3 is 2.81 bits per heavy atom. The van der Waals surface area contributed by atoms with Gasteiger partial charge in [-0.15, -0.1) is 0 Å². The Morgan fingerprint density at radius 1 is 1.43 bits per heavy atom. The number of rotatable bonds is 5. The summed E-state index contributed by atoms with van der Waals surface area (Å²) in [7, 11) is 0. The highest BCUT2D eigenvalue weighted by Crippen LogP contribution is 2.24. The molecule has 4 nitrogen and oxygen atoms in total. The van der Waals surface area contributed by atoms with Gasteiger partial charge in [-0.05, 0) is 44.2 Å². The maximum Gasteiger partial charge on any atom is 0.254 e. The predicted octanol–water partition coefficient (Wildman–Crippen LogP) is 3.65. The van der Waals surface area contributed by atoms with Crippen LogP contribution in [0.5, 0.6) is 0 Å². The largest absolute Gasteiger partial charge is 0.370 e. The Hall–Kier alpha value is -1.58. The van der Waals surface area contributed by atoms with Crippen LogP contribution in [0.2, 0.25) is 0 Å². The van der Waals surface area contributed by atoms with Crippen LogP contribution in [-0.4, -0.2) is 34.9 Å². The normalized spacial score (nSPS) is 18.3. The van der Waals surface area contributed by atoms with E-state index in [1.54, 1.807) is 0 Å². The molecule has 1 aliphatic heterocycles. The van der Waals surface area contributed by atoms with E-state index in [2.05, 4.69) is 31.1 Å². The zero-order valence-corrected chi connectivity index (χ0v) is 13.6. The van der Waals surface area contributed by atoms with E-state index in [0.717, 1.165) is 49.4 Å². The van der Waals surface area contributed by atoms with Crippen molar-refractivity contribution in [3.8, 4) is 0 Å². The van der Waals surface area contributed by atoms with Crippen molar-refractivity contribution in [1.82, 2.24) is 9.88 Å². The second-order valence-corrected chi connectivity index (χ2v) is 6.05. The molecule has 1 aliphatic rings. The van der Waals surface area contributed by atoms with Crippen LogP contribution >= 0.6 is 0 Å². The Labute approximate surface area is 127 Å². The number of anilines is 1. The Bertz CT molecular complexity index is 499. The Morgan fingerprint density at radius 2 is 2.19 bits per heavy atom. The van der Waals surface area contributed by atoms with E-state index in [1.165, 1.54) is 0 Å². The number of amides is 1. The molecule has 0 aromatic carbocycles. The fourth-order valence-electron chi connectivity index (χ4n) is 2.94. The molecule has 1 aromatic heterocycles. The van der Waals surface area contributed by atoms with Crippen LogP contribution in [0.1, 0.15) is 68.9 Å². The standard InChI is InChI=1S/C17H27N3O/c1-5-14-8-7-9-20(14)17(21)13-10-15(12(3)4)19-16(11-13)18-6-2/h10-12,14H,5-9H2,1-4H3,(H,18,19). The van der Waals surface area contributed by atoms with Crippen LogP contribution in [0.15, 0.2) is 12.1 Å². The van der Waals surface area contributed by atoms with Gasteiger partial charge in [-0.1, -0.05) is 20.8 Å². The maximum absolute atomic E-state index is 12.8. The average Bonchev–Trinajstić information content (AvgIpc) is 2.94. The Kier molecular flexibility index (Phi) is 5.21. The lowest BCUT2D eigenvalue weighted by Crippen LogP contribution is -2.35. The first kappa shape index (κ1) is 15.8. The fraction of sp³-hybridized carbons (Fsp3) is 0.647. The molecule has 2 heterocycles. The number of nitrogens with one attached hydrogen (secondary N) is 1. The molecule has 1 amide bonds. The lowest BCUT2D eigenvalue weighted by Gasteiger charge is -2.24. The number of hydrogen-bond donors (Lipinski definition) is 1. The number of nitrogens with zero attached hydrogens (tertiary/aromatic N) is 2. The number of carbonyl (C=O) groups excluding carboxylic acids is 1. The molecule has 4 heteroatoms. The van der Waals surface area contributed by atoms with Crippen molar-refractivity contribution in [2.75, 3.05) is 18.4 Å². The van der Waals surface area contributed by atoms with Crippen molar-refractivity contribution in [3.63, 3.8) is 0 Å². The van der Waals surface area contributed by atoms with E-state index in [9.17, 15) is 4.79 Å². The van der Waals surface area contributed by atoms with Gasteiger partial charge < -0.3 is 10.2 Å². The number of likely N-dealkylation sites (tertiary alicyclic amines) is 1. The number of hydrogen-bond acceptors (Lipinski definition) is 3. The maximum atomic E-state index is 12.8. The van der Waals surface area contributed by atoms with Gasteiger partial charge in [-0.3, -0.25) is 4.79 Å². The molecule has 0 aliphatic carbocycles. The molecular formula is C17H27N3O. The lowest BCUT2D eigenvalue weighted by atomic mass is 10.1. The van der Waals surface area contributed by atoms with Gasteiger partial charge in [-0.2, -0.15) is 0 Å². The van der Waals surface area contributed by atoms with Crippen molar-refractivity contribution < 1.29 is 4.79 Å². The highest BCUT2D eigenvalue weighted by molar-refractivity contribution is 5.95. The second kappa shape index (κ2) is 6.92. The van der Waals surface area contributed by atoms with Gasteiger partial charge in [0, 0.05) is 30.4 Å². The molecule has 1 N–H and O–H groups in total. The quantitative estimate of drug-likeness (QED) is 0.900. The minimum absolute atomic E-state index is 0.155. The van der Waals surface area contributed by atoms with E-state index in [-0.39, 0.29) is 5.91 Å². The van der Waals surface area contributed by atoms with Crippen molar-refractivity contribution >= 4 is 11.7 Å². The van der Waals surface area contributed by atoms with Crippen LogP contribution in [0.3, 0.4) is 0 Å². The summed E-state index contributed by atoms with van der Waals surface area (Å²) < 4.78 is 0. The first-order valence-corrected chi connectivity index (χ1v) is 8.13. The number of pyridine rings is 1. The molecule has 1 unspecified atom stereocenters. The van der Waals surface area contributed by atoms with Gasteiger partial charge in [0.25, 0.3) is 5.91 Å². The molecule has 0 radical (unpaired) electrons. The molecule has 116 valence electrons. The third-order valence-electron chi connectivity index (χ3n) is 4.15. The van der Waals surface area contributed by atoms with Gasteiger partial charge in [0.1, 0.15) is 5.82 Å². The van der Waals surface area contributed by atoms with E-state index in [1.807, 2.05) is 24.0 Å². The second-order valence-electron chi connectivity index (χ2n) is 6.05. The van der Waals surface area contributed by atoms with Crippen molar-refractivity contribution in [3.05, 3.63) is 23.4 Å². The monoisotopic (exact) mass is 289 g/mol. The molecule has 1 atom stereocenters. The summed E-state index contributed by atoms with van der Waals surface area (Å²) in [4.78, 5) is 19.4. The summed E-state index contributed by atoms with van der Waals surface area (Å²) in [6, 6.07) is 4.25. The molecule has 0 saturated carbocycles. The average molecular weight is 289 g/mol. The van der Waals surface area contributed by atoms with Crippen LogP contribution in [0.25, 0.3) is 0 Å². The van der Waals surface area contributed by atoms with Gasteiger partial charge in [0.05, 0.1) is 0 Å². The van der Waals surface area contributed by atoms with E-state index >= 15 is 0 Å². The topological polar surface area (TPSA) is 45.2 Å². The molecule has 1 saturated heterocycles. The molecule has 21 heavy (non-hydrogen) atoms. The first-order valence-electron chi connectivity index (χ1n) is 8.13. The van der Waals surface area contributed by atoms with Gasteiger partial charge in [0.2, 0.25) is 0 Å². The SMILES string of the molecule is CCNc1cc(C(=O)N2CCCC2CC)cc(C(C)C)n1. The zero-order valence-electron chi connectivity index (χ0n) is 13.6. The smallest absolute Gasteiger partial charge is 0.254 e. The summed E-state index contributed by atoms with van der Waals surface area (Å²) in [5, 5.41) is 3.23. The van der Waals surface area contributed by atoms with E-state index in [0.29, 0.717) is 12.0 Å². The highest BCUT2D eigenvalue weighted by atomic mass is 16.2. The lowest BCUT2D eigenvalue weighted by molar-refractivity contribution is 0.0733. The summed E-state index contributed by atoms with van der Waals surface area (Å²) in [5.74, 6) is 1.28. The van der Waals surface area contributed by atoms with Gasteiger partial charge >= 0.3 is 0 Å². The summed E-state index contributed by atoms with van der Waals surface area (Å²) in [5.41, 5.74) is 1.74. The van der Waals surface area contributed by atoms with E-state index in [4.69, 9.17) is 0 Å². The predicted molar refractivity (Wildman–Crippen MR) is 86.8 cm³/mol. The van der Waals surface area contributed by atoms with Gasteiger partial charge in [0.15, 0.2) is 0 Å². The Balaban J connectivity index is 2.30. The molecule has 0 bridgehead atoms. The van der Waals surface area contributed by atoms with Crippen LogP contribution in [-0.2, 0) is 0 Å². The molecule has 2 rings (SSSR count). The van der Waals surface area contributed by atoms with Crippen molar-refractivity contribution in [1.29, 1.82) is 0 Å². The first-order chi connectivity index (χ1) is 10.1. The van der Waals surface area contributed by atoms with Crippen LogP contribution in [0.4, 0.5) is 5.82 Å². The van der Waals surface area contributed by atoms with Crippen LogP contribution in [0, 0.1) is 0 Å². The summed E-state index contributed by atoms with van der Waals surface area (Å²) in [6.07, 6.45) is 3.28. The molecule has 0 spiro atoms.